The number of carbonyl (C=O) groups is 2. The van der Waals surface area contributed by atoms with Crippen LogP contribution in [0.4, 0.5) is 5.69 Å². The molecule has 1 aliphatic heterocycles. The van der Waals surface area contributed by atoms with E-state index in [0.29, 0.717) is 22.8 Å². The number of hydrogen-bond acceptors (Lipinski definition) is 5. The average molecular weight is 314 g/mol. The Morgan fingerprint density at radius 1 is 1.39 bits per heavy atom. The lowest BCUT2D eigenvalue weighted by Gasteiger charge is -2.26. The zero-order valence-electron chi connectivity index (χ0n) is 12.4. The Balaban J connectivity index is 1.80. The Labute approximate surface area is 131 Å². The van der Waals surface area contributed by atoms with Crippen molar-refractivity contribution in [1.82, 2.24) is 15.0 Å². The Bertz CT molecular complexity index is 825. The van der Waals surface area contributed by atoms with Gasteiger partial charge in [0, 0.05) is 19.0 Å². The summed E-state index contributed by atoms with van der Waals surface area (Å²) in [6.07, 6.45) is 1.87. The molecule has 0 spiro atoms. The molecule has 1 fully saturated rings. The summed E-state index contributed by atoms with van der Waals surface area (Å²) in [5.74, 6) is -0.438. The molecule has 1 saturated carbocycles. The van der Waals surface area contributed by atoms with Gasteiger partial charge in [-0.25, -0.2) is 9.48 Å². The highest BCUT2D eigenvalue weighted by atomic mass is 16.5. The highest BCUT2D eigenvalue weighted by molar-refractivity contribution is 5.97. The van der Waals surface area contributed by atoms with Gasteiger partial charge in [0.05, 0.1) is 17.1 Å². The van der Waals surface area contributed by atoms with Crippen LogP contribution in [-0.2, 0) is 4.79 Å². The van der Waals surface area contributed by atoms with Gasteiger partial charge in [0.25, 0.3) is 5.91 Å². The molecule has 2 heterocycles. The second-order valence-corrected chi connectivity index (χ2v) is 5.71. The predicted octanol–water partition coefficient (Wildman–Crippen LogP) is 1.20. The van der Waals surface area contributed by atoms with Crippen molar-refractivity contribution >= 4 is 17.6 Å². The fourth-order valence-electron chi connectivity index (χ4n) is 2.75. The third-order valence-corrected chi connectivity index (χ3v) is 4.15. The van der Waals surface area contributed by atoms with Crippen LogP contribution in [0.1, 0.15) is 34.9 Å². The number of likely N-dealkylation sites (N-methyl/N-ethyl adjacent to an activating group) is 1. The first-order valence-electron chi connectivity index (χ1n) is 7.29. The van der Waals surface area contributed by atoms with E-state index < -0.39 is 5.97 Å². The summed E-state index contributed by atoms with van der Waals surface area (Å²) in [7, 11) is 1.69. The first-order chi connectivity index (χ1) is 11.1. The summed E-state index contributed by atoms with van der Waals surface area (Å²) in [4.78, 5) is 24.5. The average Bonchev–Trinajstić information content (AvgIpc) is 3.28. The van der Waals surface area contributed by atoms with Crippen LogP contribution in [0.15, 0.2) is 18.2 Å². The normalized spacial score (nSPS) is 16.9. The molecule has 8 heteroatoms. The molecule has 1 aromatic carbocycles. The zero-order valence-corrected chi connectivity index (χ0v) is 12.4. The second kappa shape index (κ2) is 4.80. The lowest BCUT2D eigenvalue weighted by Crippen LogP contribution is -2.35. The summed E-state index contributed by atoms with van der Waals surface area (Å²) in [6.45, 7) is -0.0137. The number of benzene rings is 1. The Morgan fingerprint density at radius 3 is 2.87 bits per heavy atom. The summed E-state index contributed by atoms with van der Waals surface area (Å²) < 4.78 is 7.03. The van der Waals surface area contributed by atoms with Gasteiger partial charge in [-0.3, -0.25) is 4.79 Å². The van der Waals surface area contributed by atoms with Crippen LogP contribution >= 0.6 is 0 Å². The van der Waals surface area contributed by atoms with Gasteiger partial charge in [-0.2, -0.15) is 0 Å². The van der Waals surface area contributed by atoms with Crippen molar-refractivity contribution < 1.29 is 19.4 Å². The van der Waals surface area contributed by atoms with Gasteiger partial charge in [0.1, 0.15) is 5.75 Å². The van der Waals surface area contributed by atoms with Crippen molar-refractivity contribution in [1.29, 1.82) is 0 Å². The molecule has 2 aliphatic rings. The quantitative estimate of drug-likeness (QED) is 0.914. The summed E-state index contributed by atoms with van der Waals surface area (Å²) >= 11 is 0. The number of ether oxygens (including phenoxy) is 1. The molecule has 1 aliphatic carbocycles. The number of carboxylic acids is 1. The smallest absolute Gasteiger partial charge is 0.358 e. The van der Waals surface area contributed by atoms with Gasteiger partial charge < -0.3 is 14.7 Å². The van der Waals surface area contributed by atoms with Gasteiger partial charge in [-0.15, -0.1) is 5.10 Å². The van der Waals surface area contributed by atoms with Crippen LogP contribution in [0.2, 0.25) is 0 Å². The minimum absolute atomic E-state index is 0.00145. The van der Waals surface area contributed by atoms with E-state index in [-0.39, 0.29) is 24.1 Å². The monoisotopic (exact) mass is 314 g/mol. The Morgan fingerprint density at radius 2 is 2.17 bits per heavy atom. The van der Waals surface area contributed by atoms with E-state index in [4.69, 9.17) is 4.74 Å². The summed E-state index contributed by atoms with van der Waals surface area (Å²) in [6, 6.07) is 5.30. The molecule has 118 valence electrons. The first kappa shape index (κ1) is 13.7. The molecule has 4 rings (SSSR count). The van der Waals surface area contributed by atoms with E-state index in [9.17, 15) is 14.7 Å². The van der Waals surface area contributed by atoms with E-state index >= 15 is 0 Å². The molecule has 0 bridgehead atoms. The minimum Gasteiger partial charge on any atom is -0.481 e. The highest BCUT2D eigenvalue weighted by Crippen LogP contribution is 2.42. The molecule has 1 amide bonds. The molecule has 23 heavy (non-hydrogen) atoms. The van der Waals surface area contributed by atoms with E-state index in [1.165, 1.54) is 4.90 Å². The molecule has 1 aromatic heterocycles. The third-order valence-electron chi connectivity index (χ3n) is 4.15. The van der Waals surface area contributed by atoms with Crippen LogP contribution in [0.3, 0.4) is 0 Å². The molecule has 0 unspecified atom stereocenters. The van der Waals surface area contributed by atoms with Crippen LogP contribution in [0.5, 0.6) is 5.75 Å². The number of nitrogens with zero attached hydrogens (tertiary/aromatic N) is 4. The zero-order chi connectivity index (χ0) is 16.1. The Kier molecular flexibility index (Phi) is 2.87. The van der Waals surface area contributed by atoms with Crippen LogP contribution in [0.25, 0.3) is 5.69 Å². The van der Waals surface area contributed by atoms with E-state index in [1.54, 1.807) is 29.9 Å². The SMILES string of the molecule is CN1C(=O)COc2cc(-n3nnc(C(=O)O)c3C3CC3)ccc21. The molecule has 8 nitrogen and oxygen atoms in total. The Hall–Kier alpha value is -2.90. The molecular weight excluding hydrogens is 300 g/mol. The number of aromatic carboxylic acids is 1. The number of fused-ring (bicyclic) bond motifs is 1. The van der Waals surface area contributed by atoms with E-state index in [1.807, 2.05) is 0 Å². The largest absolute Gasteiger partial charge is 0.481 e. The number of aromatic nitrogens is 3. The fraction of sp³-hybridized carbons (Fsp3) is 0.333. The number of anilines is 1. The number of amides is 1. The maximum Gasteiger partial charge on any atom is 0.358 e. The van der Waals surface area contributed by atoms with E-state index in [0.717, 1.165) is 12.8 Å². The van der Waals surface area contributed by atoms with Gasteiger partial charge >= 0.3 is 5.97 Å². The predicted molar refractivity (Wildman–Crippen MR) is 79.2 cm³/mol. The van der Waals surface area contributed by atoms with Crippen LogP contribution in [-0.4, -0.2) is 45.6 Å². The molecular formula is C15H14N4O4. The molecule has 0 saturated heterocycles. The summed E-state index contributed by atoms with van der Waals surface area (Å²) in [5.41, 5.74) is 1.97. The topological polar surface area (TPSA) is 97.5 Å². The van der Waals surface area contributed by atoms with Crippen molar-refractivity contribution in [2.24, 2.45) is 0 Å². The van der Waals surface area contributed by atoms with Gasteiger partial charge in [-0.05, 0) is 25.0 Å². The van der Waals surface area contributed by atoms with Gasteiger partial charge in [0.2, 0.25) is 0 Å². The van der Waals surface area contributed by atoms with Gasteiger partial charge in [0.15, 0.2) is 12.3 Å². The van der Waals surface area contributed by atoms with Crippen LogP contribution < -0.4 is 9.64 Å². The molecule has 2 aromatic rings. The fourth-order valence-corrected chi connectivity index (χ4v) is 2.75. The molecule has 0 radical (unpaired) electrons. The lowest BCUT2D eigenvalue weighted by molar-refractivity contribution is -0.120. The van der Waals surface area contributed by atoms with Crippen molar-refractivity contribution in [3.8, 4) is 11.4 Å². The molecule has 1 N–H and O–H groups in total. The first-order valence-corrected chi connectivity index (χ1v) is 7.29. The standard InChI is InChI=1S/C15H14N4O4/c1-18-10-5-4-9(6-11(10)23-7-12(18)20)19-14(8-2-3-8)13(15(21)22)16-17-19/h4-6,8H,2-3,7H2,1H3,(H,21,22). The maximum absolute atomic E-state index is 11.6. The minimum atomic E-state index is -1.07. The number of hydrogen-bond donors (Lipinski definition) is 1. The van der Waals surface area contributed by atoms with Crippen molar-refractivity contribution in [2.75, 3.05) is 18.6 Å². The number of rotatable bonds is 3. The summed E-state index contributed by atoms with van der Waals surface area (Å²) in [5, 5.41) is 17.1. The van der Waals surface area contributed by atoms with Crippen molar-refractivity contribution in [2.45, 2.75) is 18.8 Å². The van der Waals surface area contributed by atoms with Crippen molar-refractivity contribution in [3.05, 3.63) is 29.6 Å². The number of carboxylic acid groups (broad SMARTS) is 1. The van der Waals surface area contributed by atoms with Gasteiger partial charge in [-0.1, -0.05) is 5.21 Å². The van der Waals surface area contributed by atoms with Crippen LogP contribution in [0, 0.1) is 0 Å². The lowest BCUT2D eigenvalue weighted by atomic mass is 10.2. The maximum atomic E-state index is 11.6. The highest BCUT2D eigenvalue weighted by Gasteiger charge is 2.34. The van der Waals surface area contributed by atoms with E-state index in [2.05, 4.69) is 10.3 Å². The molecule has 0 atom stereocenters. The third kappa shape index (κ3) is 2.14. The second-order valence-electron chi connectivity index (χ2n) is 5.71. The number of carbonyl (C=O) groups excluding carboxylic acids is 1. The van der Waals surface area contributed by atoms with Crippen molar-refractivity contribution in [3.63, 3.8) is 0 Å².